The van der Waals surface area contributed by atoms with E-state index in [1.54, 1.807) is 12.1 Å². The van der Waals surface area contributed by atoms with E-state index >= 15 is 0 Å². The van der Waals surface area contributed by atoms with Crippen LogP contribution in [0, 0.1) is 17.2 Å². The molecule has 2 aliphatic rings. The van der Waals surface area contributed by atoms with Gasteiger partial charge in [0.15, 0.2) is 0 Å². The molecule has 2 saturated heterocycles. The highest BCUT2D eigenvalue weighted by Crippen LogP contribution is 2.45. The molecule has 2 heterocycles. The van der Waals surface area contributed by atoms with E-state index in [2.05, 4.69) is 5.32 Å². The number of carbonyl (C=O) groups is 1. The van der Waals surface area contributed by atoms with Gasteiger partial charge in [-0.2, -0.15) is 0 Å². The topological polar surface area (TPSA) is 32.3 Å². The van der Waals surface area contributed by atoms with Crippen molar-refractivity contribution in [2.75, 3.05) is 18.0 Å². The summed E-state index contributed by atoms with van der Waals surface area (Å²) in [4.78, 5) is 14.5. The molecule has 2 aliphatic heterocycles. The molecule has 4 heteroatoms. The van der Waals surface area contributed by atoms with E-state index in [4.69, 9.17) is 0 Å². The Hall–Kier alpha value is -1.42. The number of carbonyl (C=O) groups excluding carboxylic acids is 1. The summed E-state index contributed by atoms with van der Waals surface area (Å²) in [6, 6.07) is 6.40. The molecule has 2 unspecified atom stereocenters. The molecule has 0 saturated carbocycles. The van der Waals surface area contributed by atoms with E-state index in [9.17, 15) is 9.18 Å². The monoisotopic (exact) mass is 262 g/mol. The molecule has 1 aromatic rings. The van der Waals surface area contributed by atoms with Crippen molar-refractivity contribution in [3.63, 3.8) is 0 Å². The smallest absolute Gasteiger partial charge is 0.233 e. The third kappa shape index (κ3) is 1.86. The third-order valence-corrected chi connectivity index (χ3v) is 4.58. The number of hydrogen-bond acceptors (Lipinski definition) is 2. The number of hydrogen-bond donors (Lipinski definition) is 1. The fourth-order valence-electron chi connectivity index (χ4n) is 3.49. The quantitative estimate of drug-likeness (QED) is 0.841. The maximum atomic E-state index is 13.0. The zero-order chi connectivity index (χ0) is 13.6. The van der Waals surface area contributed by atoms with Crippen molar-refractivity contribution in [2.24, 2.45) is 11.3 Å². The Morgan fingerprint density at radius 1 is 1.32 bits per heavy atom. The number of nitrogens with zero attached hydrogens (tertiary/aromatic N) is 1. The van der Waals surface area contributed by atoms with Gasteiger partial charge in [0.25, 0.3) is 0 Å². The Labute approximate surface area is 112 Å². The summed E-state index contributed by atoms with van der Waals surface area (Å²) < 4.78 is 13.0. The van der Waals surface area contributed by atoms with Crippen molar-refractivity contribution < 1.29 is 9.18 Å². The molecule has 2 fully saturated rings. The summed E-state index contributed by atoms with van der Waals surface area (Å²) in [7, 11) is 0. The minimum Gasteiger partial charge on any atom is -0.315 e. The minimum absolute atomic E-state index is 0.151. The lowest BCUT2D eigenvalue weighted by Crippen LogP contribution is -2.47. The number of anilines is 1. The van der Waals surface area contributed by atoms with Crippen LogP contribution >= 0.6 is 0 Å². The molecule has 102 valence electrons. The van der Waals surface area contributed by atoms with E-state index in [1.165, 1.54) is 12.1 Å². The lowest BCUT2D eigenvalue weighted by Gasteiger charge is -2.33. The van der Waals surface area contributed by atoms with E-state index < -0.39 is 0 Å². The molecule has 0 aliphatic carbocycles. The minimum atomic E-state index is -0.332. The Morgan fingerprint density at radius 3 is 2.68 bits per heavy atom. The molecule has 1 N–H and O–H groups in total. The number of rotatable bonds is 1. The van der Waals surface area contributed by atoms with Crippen molar-refractivity contribution in [3.8, 4) is 0 Å². The second-order valence-electron chi connectivity index (χ2n) is 6.04. The Kier molecular flexibility index (Phi) is 2.86. The molecule has 0 spiro atoms. The first-order chi connectivity index (χ1) is 9.01. The van der Waals surface area contributed by atoms with Crippen LogP contribution in [0.25, 0.3) is 0 Å². The number of fused-ring (bicyclic) bond motifs is 1. The molecule has 19 heavy (non-hydrogen) atoms. The van der Waals surface area contributed by atoms with Gasteiger partial charge in [-0.15, -0.1) is 0 Å². The number of piperidine rings is 1. The molecule has 1 amide bonds. The van der Waals surface area contributed by atoms with Crippen molar-refractivity contribution in [1.82, 2.24) is 5.32 Å². The summed E-state index contributed by atoms with van der Waals surface area (Å²) >= 11 is 0. The van der Waals surface area contributed by atoms with Crippen LogP contribution in [0.15, 0.2) is 24.3 Å². The first-order valence-electron chi connectivity index (χ1n) is 6.82. The van der Waals surface area contributed by atoms with Crippen LogP contribution in [-0.4, -0.2) is 25.0 Å². The summed E-state index contributed by atoms with van der Waals surface area (Å²) in [5.74, 6) is 0.247. The Balaban J connectivity index is 2.00. The van der Waals surface area contributed by atoms with Crippen LogP contribution in [0.5, 0.6) is 0 Å². The molecule has 1 aromatic carbocycles. The maximum absolute atomic E-state index is 13.0. The molecule has 2 atom stereocenters. The van der Waals surface area contributed by atoms with Crippen LogP contribution in [0.2, 0.25) is 0 Å². The average Bonchev–Trinajstić information content (AvgIpc) is 2.60. The molecule has 3 nitrogen and oxygen atoms in total. The van der Waals surface area contributed by atoms with Crippen molar-refractivity contribution >= 4 is 11.6 Å². The number of halogens is 1. The van der Waals surface area contributed by atoms with Crippen LogP contribution in [0.3, 0.4) is 0 Å². The lowest BCUT2D eigenvalue weighted by molar-refractivity contribution is -0.125. The SMILES string of the molecule is CC1(C)C(=O)N(c2ccc(F)cc2)C2CNCCC21. The fourth-order valence-corrected chi connectivity index (χ4v) is 3.49. The van der Waals surface area contributed by atoms with Gasteiger partial charge in [0, 0.05) is 17.6 Å². The van der Waals surface area contributed by atoms with Crippen molar-refractivity contribution in [2.45, 2.75) is 26.3 Å². The second-order valence-corrected chi connectivity index (χ2v) is 6.04. The third-order valence-electron chi connectivity index (χ3n) is 4.58. The summed E-state index contributed by atoms with van der Waals surface area (Å²) in [5, 5.41) is 3.36. The fraction of sp³-hybridized carbons (Fsp3) is 0.533. The predicted octanol–water partition coefficient (Wildman–Crippen LogP) is 2.18. The highest BCUT2D eigenvalue weighted by molar-refractivity contribution is 6.00. The average molecular weight is 262 g/mol. The summed E-state index contributed by atoms with van der Waals surface area (Å²) in [6.45, 7) is 5.84. The molecular formula is C15H19FN2O. The van der Waals surface area contributed by atoms with Crippen LogP contribution < -0.4 is 10.2 Å². The largest absolute Gasteiger partial charge is 0.315 e. The van der Waals surface area contributed by atoms with E-state index in [-0.39, 0.29) is 23.2 Å². The number of nitrogens with one attached hydrogen (secondary N) is 1. The molecule has 0 bridgehead atoms. The molecule has 3 rings (SSSR count). The van der Waals surface area contributed by atoms with E-state index in [0.29, 0.717) is 5.92 Å². The first-order valence-corrected chi connectivity index (χ1v) is 6.82. The lowest BCUT2D eigenvalue weighted by atomic mass is 9.75. The first kappa shape index (κ1) is 12.6. The maximum Gasteiger partial charge on any atom is 0.233 e. The van der Waals surface area contributed by atoms with Crippen LogP contribution in [0.1, 0.15) is 20.3 Å². The Bertz CT molecular complexity index is 497. The van der Waals surface area contributed by atoms with Crippen LogP contribution in [0.4, 0.5) is 10.1 Å². The van der Waals surface area contributed by atoms with E-state index in [0.717, 1.165) is 25.2 Å². The standard InChI is InChI=1S/C15H19FN2O/c1-15(2)12-7-8-17-9-13(12)18(14(15)19)11-5-3-10(16)4-6-11/h3-6,12-13,17H,7-9H2,1-2H3. The van der Waals surface area contributed by atoms with Gasteiger partial charge in [0.05, 0.1) is 6.04 Å². The predicted molar refractivity (Wildman–Crippen MR) is 72.4 cm³/mol. The van der Waals surface area contributed by atoms with E-state index in [1.807, 2.05) is 18.7 Å². The number of amides is 1. The molecule has 0 aromatic heterocycles. The number of benzene rings is 1. The molecular weight excluding hydrogens is 243 g/mol. The highest BCUT2D eigenvalue weighted by atomic mass is 19.1. The Morgan fingerprint density at radius 2 is 2.00 bits per heavy atom. The summed E-state index contributed by atoms with van der Waals surface area (Å²) in [5.41, 5.74) is 0.469. The second kappa shape index (κ2) is 4.30. The van der Waals surface area contributed by atoms with Crippen molar-refractivity contribution in [3.05, 3.63) is 30.1 Å². The summed E-state index contributed by atoms with van der Waals surface area (Å²) in [6.07, 6.45) is 1.01. The van der Waals surface area contributed by atoms with Gasteiger partial charge < -0.3 is 10.2 Å². The zero-order valence-corrected chi connectivity index (χ0v) is 11.3. The van der Waals surface area contributed by atoms with Gasteiger partial charge in [-0.1, -0.05) is 13.8 Å². The van der Waals surface area contributed by atoms with Gasteiger partial charge in [0.2, 0.25) is 5.91 Å². The van der Waals surface area contributed by atoms with Gasteiger partial charge in [-0.05, 0) is 43.1 Å². The van der Waals surface area contributed by atoms with Gasteiger partial charge in [-0.25, -0.2) is 4.39 Å². The van der Waals surface area contributed by atoms with Crippen LogP contribution in [-0.2, 0) is 4.79 Å². The molecule has 0 radical (unpaired) electrons. The van der Waals surface area contributed by atoms with Gasteiger partial charge in [0.1, 0.15) is 5.82 Å². The van der Waals surface area contributed by atoms with Gasteiger partial charge in [-0.3, -0.25) is 4.79 Å². The van der Waals surface area contributed by atoms with Crippen molar-refractivity contribution in [1.29, 1.82) is 0 Å². The normalized spacial score (nSPS) is 29.4. The van der Waals surface area contributed by atoms with Gasteiger partial charge >= 0.3 is 0 Å². The highest BCUT2D eigenvalue weighted by Gasteiger charge is 2.54. The zero-order valence-electron chi connectivity index (χ0n) is 11.3.